The number of aliphatic hydroxyl groups is 1. The average molecular weight is 205 g/mol. The van der Waals surface area contributed by atoms with E-state index in [1.165, 1.54) is 6.07 Å². The first-order valence-electron chi connectivity index (χ1n) is 4.00. The normalized spacial score (nSPS) is 13.3. The molecule has 0 amide bonds. The van der Waals surface area contributed by atoms with E-state index in [2.05, 4.69) is 0 Å². The van der Waals surface area contributed by atoms with Gasteiger partial charge in [0, 0.05) is 0 Å². The van der Waals surface area contributed by atoms with E-state index in [0.29, 0.717) is 5.56 Å². The lowest BCUT2D eigenvalue weighted by Gasteiger charge is -2.10. The number of alkyl halides is 2. The van der Waals surface area contributed by atoms with E-state index >= 15 is 0 Å². The van der Waals surface area contributed by atoms with Crippen LogP contribution in [0.15, 0.2) is 18.2 Å². The van der Waals surface area contributed by atoms with Crippen LogP contribution in [0.2, 0.25) is 0 Å². The van der Waals surface area contributed by atoms with E-state index in [1.807, 2.05) is 0 Å². The zero-order valence-electron chi connectivity index (χ0n) is 7.25. The molecule has 0 heterocycles. The quantitative estimate of drug-likeness (QED) is 0.789. The lowest BCUT2D eigenvalue weighted by molar-refractivity contribution is 0.146. The molecule has 3 N–H and O–H groups in total. The third-order valence-corrected chi connectivity index (χ3v) is 1.88. The van der Waals surface area contributed by atoms with E-state index in [9.17, 15) is 13.2 Å². The minimum absolute atomic E-state index is 0.300. The minimum atomic E-state index is -2.84. The Kier molecular flexibility index (Phi) is 3.49. The average Bonchev–Trinajstić information content (AvgIpc) is 2.15. The molecule has 1 rings (SSSR count). The monoisotopic (exact) mass is 205 g/mol. The van der Waals surface area contributed by atoms with Crippen LogP contribution in [0, 0.1) is 5.82 Å². The highest BCUT2D eigenvalue weighted by molar-refractivity contribution is 5.27. The molecule has 1 atom stereocenters. The van der Waals surface area contributed by atoms with Gasteiger partial charge in [0.25, 0.3) is 6.43 Å². The van der Waals surface area contributed by atoms with Crippen LogP contribution in [0.4, 0.5) is 13.2 Å². The van der Waals surface area contributed by atoms with Crippen LogP contribution in [-0.4, -0.2) is 11.7 Å². The van der Waals surface area contributed by atoms with Crippen molar-refractivity contribution < 1.29 is 18.3 Å². The molecule has 78 valence electrons. The molecule has 0 aliphatic rings. The molecule has 14 heavy (non-hydrogen) atoms. The van der Waals surface area contributed by atoms with Crippen molar-refractivity contribution in [1.29, 1.82) is 0 Å². The predicted octanol–water partition coefficient (Wildman–Crippen LogP) is 1.76. The molecule has 1 aromatic carbocycles. The van der Waals surface area contributed by atoms with E-state index in [-0.39, 0.29) is 6.61 Å². The molecule has 0 aliphatic carbocycles. The summed E-state index contributed by atoms with van der Waals surface area (Å²) in [6.45, 7) is -0.354. The van der Waals surface area contributed by atoms with Gasteiger partial charge in [-0.3, -0.25) is 0 Å². The predicted molar refractivity (Wildman–Crippen MR) is 45.4 cm³/mol. The fraction of sp³-hybridized carbons (Fsp3) is 0.333. The summed E-state index contributed by atoms with van der Waals surface area (Å²) in [7, 11) is 0. The van der Waals surface area contributed by atoms with Crippen molar-refractivity contribution in [2.45, 2.75) is 12.5 Å². The molecule has 0 bridgehead atoms. The molecular formula is C9H10F3NO. The zero-order chi connectivity index (χ0) is 10.7. The number of rotatable bonds is 3. The number of hydrogen-bond acceptors (Lipinski definition) is 2. The smallest absolute Gasteiger partial charge is 0.266 e. The van der Waals surface area contributed by atoms with Crippen LogP contribution in [-0.2, 0) is 0 Å². The molecule has 0 saturated carbocycles. The van der Waals surface area contributed by atoms with Gasteiger partial charge in [0.2, 0.25) is 0 Å². The van der Waals surface area contributed by atoms with E-state index in [0.717, 1.165) is 12.1 Å². The van der Waals surface area contributed by atoms with Crippen molar-refractivity contribution in [1.82, 2.24) is 0 Å². The van der Waals surface area contributed by atoms with E-state index < -0.39 is 23.8 Å². The van der Waals surface area contributed by atoms with Gasteiger partial charge in [0.1, 0.15) is 5.82 Å². The van der Waals surface area contributed by atoms with Crippen LogP contribution in [0.25, 0.3) is 0 Å². The van der Waals surface area contributed by atoms with Crippen molar-refractivity contribution in [3.8, 4) is 0 Å². The summed E-state index contributed by atoms with van der Waals surface area (Å²) in [4.78, 5) is 0. The molecule has 1 aromatic rings. The van der Waals surface area contributed by atoms with Crippen LogP contribution >= 0.6 is 0 Å². The molecule has 0 spiro atoms. The number of benzene rings is 1. The summed E-state index contributed by atoms with van der Waals surface area (Å²) in [5, 5.41) is 8.66. The van der Waals surface area contributed by atoms with Gasteiger partial charge in [-0.1, -0.05) is 12.1 Å². The topological polar surface area (TPSA) is 46.2 Å². The SMILES string of the molecule is NC(CO)c1ccc(C(F)F)c(F)c1. The molecule has 0 saturated heterocycles. The van der Waals surface area contributed by atoms with Crippen LogP contribution < -0.4 is 5.73 Å². The van der Waals surface area contributed by atoms with Crippen molar-refractivity contribution in [3.05, 3.63) is 35.1 Å². The summed E-state index contributed by atoms with van der Waals surface area (Å²) < 4.78 is 37.2. The molecular weight excluding hydrogens is 195 g/mol. The van der Waals surface area contributed by atoms with Crippen molar-refractivity contribution in [3.63, 3.8) is 0 Å². The fourth-order valence-corrected chi connectivity index (χ4v) is 1.06. The van der Waals surface area contributed by atoms with Gasteiger partial charge in [-0.15, -0.1) is 0 Å². The lowest BCUT2D eigenvalue weighted by atomic mass is 10.1. The molecule has 0 fully saturated rings. The molecule has 0 aliphatic heterocycles. The zero-order valence-corrected chi connectivity index (χ0v) is 7.25. The standard InChI is InChI=1S/C9H10F3NO/c10-7-3-5(8(13)4-14)1-2-6(7)9(11)12/h1-3,8-9,14H,4,13H2. The highest BCUT2D eigenvalue weighted by Crippen LogP contribution is 2.24. The Bertz CT molecular complexity index is 317. The summed E-state index contributed by atoms with van der Waals surface area (Å²) in [5.74, 6) is -0.999. The Morgan fingerprint density at radius 2 is 2.00 bits per heavy atom. The van der Waals surface area contributed by atoms with Crippen LogP contribution in [0.3, 0.4) is 0 Å². The van der Waals surface area contributed by atoms with Crippen LogP contribution in [0.5, 0.6) is 0 Å². The number of halogens is 3. The summed E-state index contributed by atoms with van der Waals surface area (Å²) in [6.07, 6.45) is -2.84. The van der Waals surface area contributed by atoms with Crippen molar-refractivity contribution in [2.24, 2.45) is 5.73 Å². The second-order valence-corrected chi connectivity index (χ2v) is 2.87. The molecule has 1 unspecified atom stereocenters. The summed E-state index contributed by atoms with van der Waals surface area (Å²) in [5.41, 5.74) is 5.03. The lowest BCUT2D eigenvalue weighted by Crippen LogP contribution is -2.14. The third kappa shape index (κ3) is 2.24. The highest BCUT2D eigenvalue weighted by Gasteiger charge is 2.14. The Hall–Kier alpha value is -1.07. The Balaban J connectivity index is 3.00. The second-order valence-electron chi connectivity index (χ2n) is 2.87. The third-order valence-electron chi connectivity index (χ3n) is 1.88. The second kappa shape index (κ2) is 4.43. The van der Waals surface area contributed by atoms with Gasteiger partial charge in [-0.2, -0.15) is 0 Å². The Morgan fingerprint density at radius 1 is 1.36 bits per heavy atom. The first-order valence-corrected chi connectivity index (χ1v) is 4.00. The minimum Gasteiger partial charge on any atom is -0.394 e. The van der Waals surface area contributed by atoms with Crippen LogP contribution in [0.1, 0.15) is 23.6 Å². The number of hydrogen-bond donors (Lipinski definition) is 2. The van der Waals surface area contributed by atoms with E-state index in [4.69, 9.17) is 10.8 Å². The Morgan fingerprint density at radius 3 is 2.43 bits per heavy atom. The van der Waals surface area contributed by atoms with Gasteiger partial charge in [0.15, 0.2) is 0 Å². The highest BCUT2D eigenvalue weighted by atomic mass is 19.3. The first-order chi connectivity index (χ1) is 6.56. The molecule has 2 nitrogen and oxygen atoms in total. The first kappa shape index (κ1) is 11.0. The molecule has 5 heteroatoms. The fourth-order valence-electron chi connectivity index (χ4n) is 1.06. The van der Waals surface area contributed by atoms with Gasteiger partial charge in [-0.25, -0.2) is 13.2 Å². The van der Waals surface area contributed by atoms with Gasteiger partial charge < -0.3 is 10.8 Å². The van der Waals surface area contributed by atoms with E-state index in [1.54, 1.807) is 0 Å². The van der Waals surface area contributed by atoms with Gasteiger partial charge >= 0.3 is 0 Å². The Labute approximate surface area is 79.2 Å². The summed E-state index contributed by atoms with van der Waals surface area (Å²) >= 11 is 0. The van der Waals surface area contributed by atoms with Gasteiger partial charge in [-0.05, 0) is 11.6 Å². The number of nitrogens with two attached hydrogens (primary N) is 1. The molecule has 0 aromatic heterocycles. The largest absolute Gasteiger partial charge is 0.394 e. The maximum absolute atomic E-state index is 13.0. The van der Waals surface area contributed by atoms with Crippen molar-refractivity contribution in [2.75, 3.05) is 6.61 Å². The van der Waals surface area contributed by atoms with Crippen molar-refractivity contribution >= 4 is 0 Å². The maximum Gasteiger partial charge on any atom is 0.266 e. The molecule has 0 radical (unpaired) electrons. The van der Waals surface area contributed by atoms with Gasteiger partial charge in [0.05, 0.1) is 18.2 Å². The maximum atomic E-state index is 13.0. The summed E-state index contributed by atoms with van der Waals surface area (Å²) in [6, 6.07) is 2.44. The number of aliphatic hydroxyl groups excluding tert-OH is 1.